The maximum absolute atomic E-state index is 12.2. The van der Waals surface area contributed by atoms with Crippen molar-refractivity contribution in [2.75, 3.05) is 26.4 Å². The average Bonchev–Trinajstić information content (AvgIpc) is 2.85. The van der Waals surface area contributed by atoms with Gasteiger partial charge in [0.15, 0.2) is 6.29 Å². The Morgan fingerprint density at radius 2 is 1.54 bits per heavy atom. The van der Waals surface area contributed by atoms with Crippen LogP contribution in [0.3, 0.4) is 0 Å². The summed E-state index contributed by atoms with van der Waals surface area (Å²) < 4.78 is 57.6. The Kier molecular flexibility index (Phi) is 17.7. The molecule has 0 aromatic rings. The summed E-state index contributed by atoms with van der Waals surface area (Å²) in [6.45, 7) is 3.63. The fourth-order valence-electron chi connectivity index (χ4n) is 3.88. The Hall–Kier alpha value is -0.900. The van der Waals surface area contributed by atoms with Crippen LogP contribution < -0.4 is 0 Å². The molecule has 6 unspecified atom stereocenters. The van der Waals surface area contributed by atoms with Gasteiger partial charge in [0.2, 0.25) is 0 Å². The van der Waals surface area contributed by atoms with Crippen LogP contribution in [0.1, 0.15) is 84.5 Å². The lowest BCUT2D eigenvalue weighted by Gasteiger charge is -2.41. The monoisotopic (exact) mass is 558 g/mol. The standard InChI is InChI=1S/C24H46O12S/c1-3-5-7-8-9-10-11-12-14-32-16-18(34-20(26)13-6-4-2)17-33-24-22(28)23(36-37(29,30)31)21(27)19(15-25)35-24/h18-19,21-25,27-28H,3-17H2,1-2H3,(H,29,30,31). The first-order chi connectivity index (χ1) is 17.6. The predicted molar refractivity (Wildman–Crippen MR) is 133 cm³/mol. The molecule has 1 heterocycles. The van der Waals surface area contributed by atoms with Gasteiger partial charge in [-0.25, -0.2) is 4.18 Å². The Morgan fingerprint density at radius 3 is 2.14 bits per heavy atom. The van der Waals surface area contributed by atoms with E-state index >= 15 is 0 Å². The number of esters is 1. The fourth-order valence-corrected chi connectivity index (χ4v) is 4.39. The van der Waals surface area contributed by atoms with Gasteiger partial charge >= 0.3 is 16.4 Å². The van der Waals surface area contributed by atoms with E-state index in [0.717, 1.165) is 25.7 Å². The van der Waals surface area contributed by atoms with Gasteiger partial charge < -0.3 is 34.3 Å². The van der Waals surface area contributed by atoms with E-state index in [1.54, 1.807) is 0 Å². The van der Waals surface area contributed by atoms with Gasteiger partial charge in [0, 0.05) is 13.0 Å². The van der Waals surface area contributed by atoms with E-state index in [0.29, 0.717) is 13.0 Å². The molecule has 4 N–H and O–H groups in total. The Balaban J connectivity index is 2.61. The molecule has 1 aliphatic rings. The minimum atomic E-state index is -5.03. The van der Waals surface area contributed by atoms with E-state index < -0.39 is 59.8 Å². The third-order valence-corrected chi connectivity index (χ3v) is 6.44. The molecule has 37 heavy (non-hydrogen) atoms. The largest absolute Gasteiger partial charge is 0.457 e. The van der Waals surface area contributed by atoms with Gasteiger partial charge in [-0.1, -0.05) is 65.2 Å². The lowest BCUT2D eigenvalue weighted by Crippen LogP contribution is -2.60. The maximum Gasteiger partial charge on any atom is 0.397 e. The van der Waals surface area contributed by atoms with E-state index in [4.69, 9.17) is 23.5 Å². The first-order valence-electron chi connectivity index (χ1n) is 13.3. The van der Waals surface area contributed by atoms with Crippen LogP contribution in [-0.2, 0) is 38.3 Å². The summed E-state index contributed by atoms with van der Waals surface area (Å²) in [6.07, 6.45) is 1.70. The zero-order valence-electron chi connectivity index (χ0n) is 22.0. The lowest BCUT2D eigenvalue weighted by atomic mass is 9.99. The number of aliphatic hydroxyl groups excluding tert-OH is 3. The van der Waals surface area contributed by atoms with E-state index in [2.05, 4.69) is 11.1 Å². The van der Waals surface area contributed by atoms with Crippen LogP contribution in [0.15, 0.2) is 0 Å². The molecule has 0 aliphatic carbocycles. The predicted octanol–water partition coefficient (Wildman–Crippen LogP) is 1.89. The minimum absolute atomic E-state index is 0.0359. The van der Waals surface area contributed by atoms with Crippen molar-refractivity contribution in [2.45, 2.75) is 121 Å². The molecule has 0 aromatic heterocycles. The van der Waals surface area contributed by atoms with Crippen molar-refractivity contribution < 1.29 is 56.2 Å². The van der Waals surface area contributed by atoms with Crippen molar-refractivity contribution in [3.63, 3.8) is 0 Å². The van der Waals surface area contributed by atoms with Gasteiger partial charge in [0.25, 0.3) is 0 Å². The number of aliphatic hydroxyl groups is 3. The van der Waals surface area contributed by atoms with Crippen molar-refractivity contribution in [3.8, 4) is 0 Å². The van der Waals surface area contributed by atoms with Gasteiger partial charge in [0.05, 0.1) is 19.8 Å². The third kappa shape index (κ3) is 14.7. The molecule has 0 aromatic carbocycles. The fraction of sp³-hybridized carbons (Fsp3) is 0.958. The third-order valence-electron chi connectivity index (χ3n) is 5.98. The molecule has 13 heteroatoms. The topological polar surface area (TPSA) is 178 Å². The Morgan fingerprint density at radius 1 is 0.919 bits per heavy atom. The van der Waals surface area contributed by atoms with Crippen molar-refractivity contribution >= 4 is 16.4 Å². The number of ether oxygens (including phenoxy) is 4. The van der Waals surface area contributed by atoms with Gasteiger partial charge in [-0.2, -0.15) is 8.42 Å². The highest BCUT2D eigenvalue weighted by Crippen LogP contribution is 2.25. The van der Waals surface area contributed by atoms with E-state index in [-0.39, 0.29) is 19.6 Å². The van der Waals surface area contributed by atoms with Crippen molar-refractivity contribution in [2.24, 2.45) is 0 Å². The SMILES string of the molecule is CCCCCCCCCCOCC(COC1OC(CO)C(O)C(OS(=O)(=O)O)C1O)OC(=O)CCCC. The summed E-state index contributed by atoms with van der Waals surface area (Å²) in [5, 5.41) is 30.0. The first-order valence-corrected chi connectivity index (χ1v) is 14.7. The number of carbonyl (C=O) groups is 1. The molecule has 12 nitrogen and oxygen atoms in total. The smallest absolute Gasteiger partial charge is 0.397 e. The van der Waals surface area contributed by atoms with Crippen LogP contribution >= 0.6 is 0 Å². The molecule has 0 amide bonds. The second-order valence-electron chi connectivity index (χ2n) is 9.29. The highest BCUT2D eigenvalue weighted by Gasteiger charge is 2.48. The van der Waals surface area contributed by atoms with Crippen molar-refractivity contribution in [1.82, 2.24) is 0 Å². The molecule has 0 saturated carbocycles. The summed E-state index contributed by atoms with van der Waals surface area (Å²) in [6, 6.07) is 0. The summed E-state index contributed by atoms with van der Waals surface area (Å²) in [7, 11) is -5.03. The number of rotatable bonds is 21. The summed E-state index contributed by atoms with van der Waals surface area (Å²) in [5.74, 6) is -0.438. The van der Waals surface area contributed by atoms with E-state index in [9.17, 15) is 28.5 Å². The quantitative estimate of drug-likeness (QED) is 0.0915. The summed E-state index contributed by atoms with van der Waals surface area (Å²) >= 11 is 0. The van der Waals surface area contributed by atoms with Crippen molar-refractivity contribution in [3.05, 3.63) is 0 Å². The number of hydrogen-bond donors (Lipinski definition) is 4. The molecule has 1 aliphatic heterocycles. The average molecular weight is 559 g/mol. The summed E-state index contributed by atoms with van der Waals surface area (Å²) in [4.78, 5) is 12.2. The second kappa shape index (κ2) is 19.2. The molecule has 220 valence electrons. The van der Waals surface area contributed by atoms with Crippen LogP contribution in [0.5, 0.6) is 0 Å². The zero-order valence-corrected chi connectivity index (χ0v) is 22.9. The van der Waals surface area contributed by atoms with Crippen LogP contribution in [0.4, 0.5) is 0 Å². The van der Waals surface area contributed by atoms with E-state index in [1.807, 2.05) is 6.92 Å². The zero-order chi connectivity index (χ0) is 27.7. The van der Waals surface area contributed by atoms with Crippen molar-refractivity contribution in [1.29, 1.82) is 0 Å². The molecule has 0 spiro atoms. The van der Waals surface area contributed by atoms with Crippen LogP contribution in [0.2, 0.25) is 0 Å². The molecule has 6 atom stereocenters. The first kappa shape index (κ1) is 34.1. The highest BCUT2D eigenvalue weighted by molar-refractivity contribution is 7.80. The van der Waals surface area contributed by atoms with Gasteiger partial charge in [-0.15, -0.1) is 0 Å². The van der Waals surface area contributed by atoms with E-state index in [1.165, 1.54) is 32.1 Å². The molecule has 1 saturated heterocycles. The molecule has 0 bridgehead atoms. The molecule has 1 fully saturated rings. The molecule has 1 rings (SSSR count). The van der Waals surface area contributed by atoms with Crippen LogP contribution in [-0.4, -0.2) is 97.5 Å². The Bertz CT molecular complexity index is 704. The summed E-state index contributed by atoms with van der Waals surface area (Å²) in [5.41, 5.74) is 0. The Labute approximate surface area is 220 Å². The molecular weight excluding hydrogens is 512 g/mol. The van der Waals surface area contributed by atoms with Gasteiger partial charge in [-0.3, -0.25) is 9.35 Å². The second-order valence-corrected chi connectivity index (χ2v) is 10.3. The van der Waals surface area contributed by atoms with Crippen LogP contribution in [0.25, 0.3) is 0 Å². The molecule has 0 radical (unpaired) electrons. The number of carbonyl (C=O) groups excluding carboxylic acids is 1. The van der Waals surface area contributed by atoms with Gasteiger partial charge in [0.1, 0.15) is 30.5 Å². The maximum atomic E-state index is 12.2. The number of hydrogen-bond acceptors (Lipinski definition) is 11. The normalized spacial score (nSPS) is 25.2. The van der Waals surface area contributed by atoms with Crippen LogP contribution in [0, 0.1) is 0 Å². The minimum Gasteiger partial charge on any atom is -0.457 e. The lowest BCUT2D eigenvalue weighted by molar-refractivity contribution is -0.301. The highest BCUT2D eigenvalue weighted by atomic mass is 32.3. The van der Waals surface area contributed by atoms with Gasteiger partial charge in [-0.05, 0) is 12.8 Å². The molecular formula is C24H46O12S. The number of unbranched alkanes of at least 4 members (excludes halogenated alkanes) is 8.